The van der Waals surface area contributed by atoms with Crippen molar-refractivity contribution in [2.24, 2.45) is 10.9 Å². The molecule has 0 bridgehead atoms. The Kier molecular flexibility index (Phi) is 3.46. The predicted molar refractivity (Wildman–Crippen MR) is 51.3 cm³/mol. The fourth-order valence-corrected chi connectivity index (χ4v) is 2.71. The van der Waals surface area contributed by atoms with Crippen molar-refractivity contribution < 1.29 is 13.2 Å². The molecule has 14 heavy (non-hydrogen) atoms. The molecule has 0 saturated heterocycles. The Morgan fingerprint density at radius 2 is 1.86 bits per heavy atom. The number of rotatable bonds is 4. The second-order valence-corrected chi connectivity index (χ2v) is 4.99. The number of carbonyl (C=O) groups excluding carboxylic acids is 1. The maximum Gasteiger partial charge on any atom is 0.277 e. The summed E-state index contributed by atoms with van der Waals surface area (Å²) >= 11 is 0. The lowest BCUT2D eigenvalue weighted by Gasteiger charge is -2.24. The molecular weight excluding hydrogens is 206 g/mol. The molecule has 0 radical (unpaired) electrons. The van der Waals surface area contributed by atoms with Gasteiger partial charge in [-0.2, -0.15) is 12.7 Å². The molecule has 4 N–H and O–H groups in total. The zero-order valence-electron chi connectivity index (χ0n) is 7.85. The SMILES string of the molecule is NC(=O)CN(C1CCCC1)S(N)(=O)=O. The fourth-order valence-electron chi connectivity index (χ4n) is 1.77. The molecule has 82 valence electrons. The smallest absolute Gasteiger partial charge is 0.277 e. The molecule has 0 spiro atoms. The Morgan fingerprint density at radius 3 is 2.21 bits per heavy atom. The maximum atomic E-state index is 11.1. The molecule has 0 atom stereocenters. The molecule has 1 saturated carbocycles. The number of amides is 1. The summed E-state index contributed by atoms with van der Waals surface area (Å²) in [7, 11) is -3.81. The average molecular weight is 221 g/mol. The summed E-state index contributed by atoms with van der Waals surface area (Å²) in [4.78, 5) is 10.7. The third-order valence-electron chi connectivity index (χ3n) is 2.37. The summed E-state index contributed by atoms with van der Waals surface area (Å²) in [6.07, 6.45) is 3.44. The van der Waals surface area contributed by atoms with Crippen LogP contribution in [0.15, 0.2) is 0 Å². The van der Waals surface area contributed by atoms with Gasteiger partial charge in [0.2, 0.25) is 5.91 Å². The number of hydrogen-bond acceptors (Lipinski definition) is 3. The molecule has 1 aliphatic carbocycles. The first kappa shape index (κ1) is 11.4. The summed E-state index contributed by atoms with van der Waals surface area (Å²) < 4.78 is 23.3. The van der Waals surface area contributed by atoms with Crippen LogP contribution in [0.2, 0.25) is 0 Å². The van der Waals surface area contributed by atoms with Crippen LogP contribution in [0.4, 0.5) is 0 Å². The van der Waals surface area contributed by atoms with Crippen molar-refractivity contribution in [3.8, 4) is 0 Å². The van der Waals surface area contributed by atoms with Crippen LogP contribution in [0.1, 0.15) is 25.7 Å². The van der Waals surface area contributed by atoms with E-state index in [0.29, 0.717) is 0 Å². The van der Waals surface area contributed by atoms with E-state index in [2.05, 4.69) is 0 Å². The van der Waals surface area contributed by atoms with Gasteiger partial charge < -0.3 is 5.73 Å². The van der Waals surface area contributed by atoms with Crippen LogP contribution in [0, 0.1) is 0 Å². The minimum atomic E-state index is -3.81. The first-order valence-electron chi connectivity index (χ1n) is 4.49. The second kappa shape index (κ2) is 4.24. The van der Waals surface area contributed by atoms with Gasteiger partial charge in [0.25, 0.3) is 10.2 Å². The summed E-state index contributed by atoms with van der Waals surface area (Å²) in [5, 5.41) is 5.00. The van der Waals surface area contributed by atoms with Crippen molar-refractivity contribution >= 4 is 16.1 Å². The number of carbonyl (C=O) groups is 1. The van der Waals surface area contributed by atoms with Crippen LogP contribution < -0.4 is 10.9 Å². The maximum absolute atomic E-state index is 11.1. The third-order valence-corrected chi connectivity index (χ3v) is 3.45. The minimum absolute atomic E-state index is 0.155. The van der Waals surface area contributed by atoms with Gasteiger partial charge in [-0.25, -0.2) is 5.14 Å². The second-order valence-electron chi connectivity index (χ2n) is 3.49. The van der Waals surface area contributed by atoms with Gasteiger partial charge in [-0.15, -0.1) is 0 Å². The Bertz CT molecular complexity index is 308. The van der Waals surface area contributed by atoms with Gasteiger partial charge in [-0.05, 0) is 12.8 Å². The van der Waals surface area contributed by atoms with Crippen LogP contribution in [0.25, 0.3) is 0 Å². The van der Waals surface area contributed by atoms with Gasteiger partial charge in [0.15, 0.2) is 0 Å². The largest absolute Gasteiger partial charge is 0.369 e. The highest BCUT2D eigenvalue weighted by Crippen LogP contribution is 2.24. The molecule has 1 rings (SSSR count). The van der Waals surface area contributed by atoms with Gasteiger partial charge in [0.1, 0.15) is 0 Å². The normalized spacial score (nSPS) is 19.0. The number of primary amides is 1. The van der Waals surface area contributed by atoms with Gasteiger partial charge in [0, 0.05) is 6.04 Å². The lowest BCUT2D eigenvalue weighted by Crippen LogP contribution is -2.47. The van der Waals surface area contributed by atoms with Gasteiger partial charge in [-0.1, -0.05) is 12.8 Å². The fraction of sp³-hybridized carbons (Fsp3) is 0.857. The van der Waals surface area contributed by atoms with Crippen molar-refractivity contribution in [1.82, 2.24) is 4.31 Å². The van der Waals surface area contributed by atoms with Crippen LogP contribution in [0.3, 0.4) is 0 Å². The van der Waals surface area contributed by atoms with E-state index in [1.807, 2.05) is 0 Å². The topological polar surface area (TPSA) is 106 Å². The van der Waals surface area contributed by atoms with Crippen molar-refractivity contribution in [3.05, 3.63) is 0 Å². The van der Waals surface area contributed by atoms with E-state index >= 15 is 0 Å². The Balaban J connectivity index is 2.75. The van der Waals surface area contributed by atoms with Crippen molar-refractivity contribution in [1.29, 1.82) is 0 Å². The minimum Gasteiger partial charge on any atom is -0.369 e. The molecule has 0 aromatic carbocycles. The molecule has 1 amide bonds. The summed E-state index contributed by atoms with van der Waals surface area (Å²) in [6.45, 7) is -0.316. The lowest BCUT2D eigenvalue weighted by molar-refractivity contribution is -0.118. The summed E-state index contributed by atoms with van der Waals surface area (Å²) in [6, 6.07) is -0.155. The van der Waals surface area contributed by atoms with Gasteiger partial charge in [0.05, 0.1) is 6.54 Å². The number of nitrogens with two attached hydrogens (primary N) is 2. The zero-order valence-corrected chi connectivity index (χ0v) is 8.66. The third kappa shape index (κ3) is 2.93. The molecule has 0 unspecified atom stereocenters. The van der Waals surface area contributed by atoms with E-state index in [1.165, 1.54) is 0 Å². The molecular formula is C7H15N3O3S. The molecule has 1 fully saturated rings. The van der Waals surface area contributed by atoms with Crippen molar-refractivity contribution in [3.63, 3.8) is 0 Å². The highest BCUT2D eigenvalue weighted by Gasteiger charge is 2.30. The van der Waals surface area contributed by atoms with E-state index in [4.69, 9.17) is 10.9 Å². The van der Waals surface area contributed by atoms with Crippen LogP contribution in [0.5, 0.6) is 0 Å². The Labute approximate surface area is 83.4 Å². The average Bonchev–Trinajstić information content (AvgIpc) is 2.49. The number of hydrogen-bond donors (Lipinski definition) is 2. The van der Waals surface area contributed by atoms with E-state index in [0.717, 1.165) is 30.0 Å². The molecule has 1 aliphatic rings. The number of nitrogens with zero attached hydrogens (tertiary/aromatic N) is 1. The highest BCUT2D eigenvalue weighted by atomic mass is 32.2. The molecule has 6 nitrogen and oxygen atoms in total. The molecule has 0 heterocycles. The highest BCUT2D eigenvalue weighted by molar-refractivity contribution is 7.86. The van der Waals surface area contributed by atoms with E-state index < -0.39 is 16.1 Å². The van der Waals surface area contributed by atoms with Crippen LogP contribution in [-0.4, -0.2) is 31.2 Å². The molecule has 0 aromatic rings. The Hall–Kier alpha value is -0.660. The molecule has 0 aromatic heterocycles. The van der Waals surface area contributed by atoms with E-state index in [9.17, 15) is 13.2 Å². The monoisotopic (exact) mass is 221 g/mol. The van der Waals surface area contributed by atoms with Crippen molar-refractivity contribution in [2.45, 2.75) is 31.7 Å². The van der Waals surface area contributed by atoms with E-state index in [1.54, 1.807) is 0 Å². The van der Waals surface area contributed by atoms with Crippen molar-refractivity contribution in [2.75, 3.05) is 6.54 Å². The van der Waals surface area contributed by atoms with Gasteiger partial charge >= 0.3 is 0 Å². The lowest BCUT2D eigenvalue weighted by atomic mass is 10.2. The van der Waals surface area contributed by atoms with E-state index in [-0.39, 0.29) is 12.6 Å². The van der Waals surface area contributed by atoms with Gasteiger partial charge in [-0.3, -0.25) is 4.79 Å². The standard InChI is InChI=1S/C7H15N3O3S/c8-7(11)5-10(14(9,12)13)6-3-1-2-4-6/h6H,1-5H2,(H2,8,11)(H2,9,12,13). The summed E-state index contributed by atoms with van der Waals surface area (Å²) in [5.41, 5.74) is 4.96. The first-order valence-corrected chi connectivity index (χ1v) is 5.99. The quantitative estimate of drug-likeness (QED) is 0.630. The van der Waals surface area contributed by atoms with Crippen LogP contribution >= 0.6 is 0 Å². The zero-order chi connectivity index (χ0) is 10.8. The molecule has 7 heteroatoms. The summed E-state index contributed by atoms with van der Waals surface area (Å²) in [5.74, 6) is -0.675. The first-order chi connectivity index (χ1) is 6.41. The molecule has 0 aliphatic heterocycles. The van der Waals surface area contributed by atoms with Crippen LogP contribution in [-0.2, 0) is 15.0 Å². The predicted octanol–water partition coefficient (Wildman–Crippen LogP) is -1.08. The Morgan fingerprint density at radius 1 is 1.36 bits per heavy atom.